The zero-order valence-corrected chi connectivity index (χ0v) is 68.0. The monoisotopic (exact) mass is 1310 g/mol. The maximum absolute atomic E-state index is 5.56. The zero-order valence-electron chi connectivity index (χ0n) is 68.0. The normalized spacial score (nSPS) is 12.4. The third kappa shape index (κ3) is 100. The van der Waals surface area contributed by atoms with Gasteiger partial charge in [0.25, 0.3) is 0 Å². The van der Waals surface area contributed by atoms with Gasteiger partial charge in [-0.05, 0) is 136 Å². The lowest BCUT2D eigenvalue weighted by Crippen LogP contribution is -2.22. The Balaban J connectivity index is -0.000000120. The summed E-state index contributed by atoms with van der Waals surface area (Å²) in [6, 6.07) is 0. The number of ether oxygens (including phenoxy) is 12. The van der Waals surface area contributed by atoms with Crippen molar-refractivity contribution in [1.29, 1.82) is 0 Å². The first-order chi connectivity index (χ1) is 42.9. The van der Waals surface area contributed by atoms with Crippen LogP contribution < -0.4 is 0 Å². The topological polar surface area (TPSA) is 111 Å². The summed E-state index contributed by atoms with van der Waals surface area (Å²) in [5.74, 6) is 10.9. The average Bonchev–Trinajstić information content (AvgIpc) is 3.67. The Kier molecular flexibility index (Phi) is 104. The molecule has 91 heavy (non-hydrogen) atoms. The van der Waals surface area contributed by atoms with Crippen LogP contribution in [0.4, 0.5) is 0 Å². The van der Waals surface area contributed by atoms with Gasteiger partial charge in [0.1, 0.15) is 0 Å². The Hall–Kier alpha value is -1.00. The molecule has 0 aromatic heterocycles. The molecule has 12 nitrogen and oxygen atoms in total. The van der Waals surface area contributed by atoms with E-state index in [2.05, 4.69) is 193 Å². The molecule has 0 fully saturated rings. The summed E-state index contributed by atoms with van der Waals surface area (Å²) in [5, 5.41) is 0. The molecule has 12 heteroatoms. The van der Waals surface area contributed by atoms with E-state index in [1.807, 2.05) is 6.92 Å². The van der Waals surface area contributed by atoms with E-state index in [1.165, 1.54) is 38.5 Å². The maximum atomic E-state index is 5.56. The lowest BCUT2D eigenvalue weighted by Gasteiger charge is -2.20. The molecule has 0 spiro atoms. The lowest BCUT2D eigenvalue weighted by molar-refractivity contribution is 0.0221. The zero-order chi connectivity index (χ0) is 72.4. The molecule has 0 saturated heterocycles. The minimum Gasteiger partial charge on any atom is -0.384 e. The van der Waals surface area contributed by atoms with E-state index in [0.717, 1.165) is 159 Å². The highest BCUT2D eigenvalue weighted by Crippen LogP contribution is 2.17. The minimum absolute atomic E-state index is 0.396. The van der Waals surface area contributed by atoms with Crippen LogP contribution in [0, 0.1) is 94.7 Å². The second-order valence-corrected chi connectivity index (χ2v) is 28.0. The Bertz CT molecular complexity index is 1190. The molecule has 0 amide bonds. The maximum Gasteiger partial charge on any atom is 0.0644 e. The van der Waals surface area contributed by atoms with Gasteiger partial charge in [0.2, 0.25) is 0 Å². The van der Waals surface area contributed by atoms with Crippen LogP contribution in [0.1, 0.15) is 238 Å². The van der Waals surface area contributed by atoms with Crippen LogP contribution in [0.5, 0.6) is 0 Å². The molecule has 0 saturated carbocycles. The van der Waals surface area contributed by atoms with Gasteiger partial charge in [0.05, 0.1) is 59.0 Å². The van der Waals surface area contributed by atoms with Gasteiger partial charge >= 0.3 is 0 Å². The number of hydrogen-bond donors (Lipinski definition) is 0. The number of rotatable bonds is 47. The summed E-state index contributed by atoms with van der Waals surface area (Å²) in [6.07, 6.45) is 13.6. The second kappa shape index (κ2) is 87.0. The highest BCUT2D eigenvalue weighted by atomic mass is 16.5. The van der Waals surface area contributed by atoms with Crippen LogP contribution in [0.3, 0.4) is 0 Å². The summed E-state index contributed by atoms with van der Waals surface area (Å²) >= 11 is 0. The molecule has 0 aromatic rings. The van der Waals surface area contributed by atoms with E-state index >= 15 is 0 Å². The summed E-state index contributed by atoms with van der Waals surface area (Å²) < 4.78 is 62.6. The van der Waals surface area contributed by atoms with Gasteiger partial charge in [0, 0.05) is 120 Å². The Morgan fingerprint density at radius 3 is 0.769 bits per heavy atom. The fourth-order valence-corrected chi connectivity index (χ4v) is 7.54. The third-order valence-corrected chi connectivity index (χ3v) is 15.6. The Morgan fingerprint density at radius 1 is 0.297 bits per heavy atom. The first-order valence-electron chi connectivity index (χ1n) is 36.5. The predicted octanol–water partition coefficient (Wildman–Crippen LogP) is 21.1. The lowest BCUT2D eigenvalue weighted by atomic mass is 9.94. The molecule has 0 aliphatic carbocycles. The van der Waals surface area contributed by atoms with Crippen molar-refractivity contribution < 1.29 is 56.8 Å². The second-order valence-electron chi connectivity index (χ2n) is 28.0. The molecular formula is C79H172O12. The molecule has 0 aliphatic rings. The Labute approximate surface area is 573 Å². The van der Waals surface area contributed by atoms with E-state index in [9.17, 15) is 0 Å². The van der Waals surface area contributed by atoms with E-state index in [0.29, 0.717) is 66.7 Å². The van der Waals surface area contributed by atoms with Crippen molar-refractivity contribution in [3.05, 3.63) is 25.3 Å². The van der Waals surface area contributed by atoms with E-state index < -0.39 is 0 Å². The van der Waals surface area contributed by atoms with Gasteiger partial charge in [-0.25, -0.2) is 0 Å². The van der Waals surface area contributed by atoms with Crippen molar-refractivity contribution in [3.8, 4) is 0 Å². The molecular weight excluding hydrogens is 1140 g/mol. The molecule has 0 N–H and O–H groups in total. The molecule has 0 aliphatic heterocycles. The van der Waals surface area contributed by atoms with Crippen LogP contribution in [-0.2, 0) is 56.8 Å². The van der Waals surface area contributed by atoms with Gasteiger partial charge in [0.15, 0.2) is 0 Å². The van der Waals surface area contributed by atoms with Gasteiger partial charge in [-0.1, -0.05) is 191 Å². The fourth-order valence-electron chi connectivity index (χ4n) is 7.54. The molecule has 2 unspecified atom stereocenters. The minimum atomic E-state index is 0.396. The van der Waals surface area contributed by atoms with Crippen LogP contribution in [-0.4, -0.2) is 161 Å². The SMILES string of the molecule is C=CCOCC(COCC=C)C(C)C.CC(C)CCCOC(C)C.CCC(COC)C(C)C.CCCOCC(COCCC)C(C)C.CCOCCCC(C)C.CC[C@@H](COC)C(C)C.COCC(C)C(C)C.COCC(COC)C(C)C.COC[C@H](C)C(C)C. The number of methoxy groups -OCH3 is 6. The van der Waals surface area contributed by atoms with Crippen LogP contribution in [0.15, 0.2) is 25.3 Å². The summed E-state index contributed by atoms with van der Waals surface area (Å²) in [5.41, 5.74) is 0. The number of hydrogen-bond acceptors (Lipinski definition) is 12. The van der Waals surface area contributed by atoms with Crippen LogP contribution >= 0.6 is 0 Å². The van der Waals surface area contributed by atoms with Crippen molar-refractivity contribution in [1.82, 2.24) is 0 Å². The highest BCUT2D eigenvalue weighted by molar-refractivity contribution is 4.69. The fraction of sp³-hybridized carbons (Fsp3) is 0.949. The molecule has 0 aromatic carbocycles. The van der Waals surface area contributed by atoms with Gasteiger partial charge < -0.3 is 56.8 Å². The van der Waals surface area contributed by atoms with Crippen LogP contribution in [0.25, 0.3) is 0 Å². The summed E-state index contributed by atoms with van der Waals surface area (Å²) in [6.45, 7) is 80.5. The molecule has 0 rings (SSSR count). The molecule has 0 heterocycles. The van der Waals surface area contributed by atoms with E-state index in [4.69, 9.17) is 56.8 Å². The van der Waals surface area contributed by atoms with Crippen molar-refractivity contribution in [2.75, 3.05) is 155 Å². The standard InChI is InChI=1S/C12H26O2.C12H22O2.C9H20O.C8H18O2.3C8H18O.2C7H16O/c2*1-5-7-13-9-12(11(3)4)10-14-8-6-2;1-8(2)6-5-7-10-9(3)4;1-7(2)8(5-9-3)6-10-4;2*1-5-8(6-9-4)7(2)3;1-4-9-7-5-6-8(2)3;2*1-6(2)7(3)5-8-4/h11-12H,5-10H2,1-4H3;5-6,11-12H,1-2,7-10H2,3-4H3;8-9H,5-7H2,1-4H3;7-8H,5-6H2,1-4H3;2*7-8H,5-6H2,1-4H3;8H,4-7H2,1-3H3;2*6-7H,5H2,1-4H3/t;;;;8-;;;7-;/m....0..0./s1. The van der Waals surface area contributed by atoms with Crippen LogP contribution in [0.2, 0.25) is 0 Å². The first kappa shape index (κ1) is 109. The van der Waals surface area contributed by atoms with Crippen molar-refractivity contribution in [2.24, 2.45) is 94.7 Å². The van der Waals surface area contributed by atoms with E-state index in [-0.39, 0.29) is 0 Å². The molecule has 4 atom stereocenters. The van der Waals surface area contributed by atoms with Gasteiger partial charge in [-0.2, -0.15) is 0 Å². The third-order valence-electron chi connectivity index (χ3n) is 15.6. The highest BCUT2D eigenvalue weighted by Gasteiger charge is 2.16. The van der Waals surface area contributed by atoms with Crippen molar-refractivity contribution in [3.63, 3.8) is 0 Å². The van der Waals surface area contributed by atoms with Gasteiger partial charge in [-0.15, -0.1) is 13.2 Å². The molecule has 560 valence electrons. The average molecular weight is 1310 g/mol. The summed E-state index contributed by atoms with van der Waals surface area (Å²) in [4.78, 5) is 0. The largest absolute Gasteiger partial charge is 0.384 e. The first-order valence-corrected chi connectivity index (χ1v) is 36.5. The van der Waals surface area contributed by atoms with Gasteiger partial charge in [-0.3, -0.25) is 0 Å². The molecule has 0 radical (unpaired) electrons. The Morgan fingerprint density at radius 2 is 0.571 bits per heavy atom. The van der Waals surface area contributed by atoms with Crippen molar-refractivity contribution in [2.45, 2.75) is 244 Å². The van der Waals surface area contributed by atoms with Crippen molar-refractivity contribution >= 4 is 0 Å². The quantitative estimate of drug-likeness (QED) is 0.0427. The molecule has 0 bridgehead atoms. The predicted molar refractivity (Wildman–Crippen MR) is 401 cm³/mol. The van der Waals surface area contributed by atoms with E-state index in [1.54, 1.807) is 54.8 Å². The smallest absolute Gasteiger partial charge is 0.0644 e. The summed E-state index contributed by atoms with van der Waals surface area (Å²) in [7, 11) is 10.5.